The highest BCUT2D eigenvalue weighted by Gasteiger charge is 2.40. The number of benzene rings is 1. The highest BCUT2D eigenvalue weighted by molar-refractivity contribution is 5.87. The molecule has 0 spiro atoms. The van der Waals surface area contributed by atoms with Crippen LogP contribution < -0.4 is 11.0 Å². The molecule has 2 aliphatic heterocycles. The number of urea groups is 1. The molecule has 0 aliphatic carbocycles. The normalized spacial score (nSPS) is 28.2. The van der Waals surface area contributed by atoms with Crippen molar-refractivity contribution >= 4 is 23.1 Å². The summed E-state index contributed by atoms with van der Waals surface area (Å²) in [4.78, 5) is 45.9. The zero-order valence-electron chi connectivity index (χ0n) is 28.4. The van der Waals surface area contributed by atoms with Crippen LogP contribution in [0.4, 0.5) is 26.7 Å². The Morgan fingerprint density at radius 2 is 1.90 bits per heavy atom. The van der Waals surface area contributed by atoms with Crippen molar-refractivity contribution in [2.75, 3.05) is 26.0 Å². The fourth-order valence-electron chi connectivity index (χ4n) is 4.65. The number of piperidine rings is 1. The van der Waals surface area contributed by atoms with E-state index >= 15 is 0 Å². The molecule has 0 bridgehead atoms. The van der Waals surface area contributed by atoms with Gasteiger partial charge in [-0.05, 0) is 49.4 Å². The minimum absolute atomic E-state index is 0.00462. The predicted molar refractivity (Wildman–Crippen MR) is 133 cm³/mol. The molecular weight excluding hydrogens is 539 g/mol. The second-order valence-corrected chi connectivity index (χ2v) is 9.07. The number of aromatic nitrogens is 3. The minimum Gasteiger partial charge on any atom is -0.331 e. The Morgan fingerprint density at radius 1 is 1.15 bits per heavy atom. The first-order valence-corrected chi connectivity index (χ1v) is 12.0. The van der Waals surface area contributed by atoms with Gasteiger partial charge in [0.2, 0.25) is 5.91 Å². The molecule has 2 saturated heterocycles. The zero-order chi connectivity index (χ0) is 35.8. The van der Waals surface area contributed by atoms with E-state index in [0.29, 0.717) is 6.07 Å². The number of halogens is 5. The van der Waals surface area contributed by atoms with Crippen LogP contribution in [-0.4, -0.2) is 74.5 Å². The van der Waals surface area contributed by atoms with Gasteiger partial charge < -0.3 is 15.1 Å². The fraction of sp³-hybridized carbons (Fsp3) is 0.462. The molecule has 9 nitrogen and oxygen atoms in total. The van der Waals surface area contributed by atoms with Gasteiger partial charge in [-0.15, -0.1) is 0 Å². The molecular formula is C26H27F5N6O3. The predicted octanol–water partition coefficient (Wildman–Crippen LogP) is 3.69. The Labute approximate surface area is 236 Å². The molecule has 0 unspecified atom stereocenters. The Hall–Kier alpha value is -3.97. The van der Waals surface area contributed by atoms with Crippen molar-refractivity contribution in [3.05, 3.63) is 64.2 Å². The van der Waals surface area contributed by atoms with Crippen molar-refractivity contribution < 1.29 is 42.5 Å². The van der Waals surface area contributed by atoms with Gasteiger partial charge in [0.1, 0.15) is 12.5 Å². The van der Waals surface area contributed by atoms with E-state index in [1.165, 1.54) is 18.3 Å². The van der Waals surface area contributed by atoms with Gasteiger partial charge in [-0.3, -0.25) is 14.3 Å². The van der Waals surface area contributed by atoms with E-state index in [0.717, 1.165) is 16.7 Å². The number of nitrogens with zero attached hydrogens (tertiary/aromatic N) is 4. The Morgan fingerprint density at radius 3 is 2.62 bits per heavy atom. The van der Waals surface area contributed by atoms with Gasteiger partial charge in [-0.25, -0.2) is 23.4 Å². The largest absolute Gasteiger partial charge is 0.406 e. The summed E-state index contributed by atoms with van der Waals surface area (Å²) in [6.07, 6.45) is -9.98. The summed E-state index contributed by atoms with van der Waals surface area (Å²) in [5.74, 6) is -6.76. The molecule has 214 valence electrons. The molecule has 40 heavy (non-hydrogen) atoms. The number of amides is 3. The Balaban J connectivity index is 1.51. The van der Waals surface area contributed by atoms with Gasteiger partial charge >= 0.3 is 17.9 Å². The summed E-state index contributed by atoms with van der Waals surface area (Å²) in [6, 6.07) is -0.128. The second-order valence-electron chi connectivity index (χ2n) is 9.07. The number of pyridine rings is 1. The van der Waals surface area contributed by atoms with Crippen molar-refractivity contribution in [3.8, 4) is 0 Å². The lowest BCUT2D eigenvalue weighted by molar-refractivity contribution is -0.162. The van der Waals surface area contributed by atoms with Crippen LogP contribution >= 0.6 is 0 Å². The summed E-state index contributed by atoms with van der Waals surface area (Å²) >= 11 is 0. The molecule has 5 rings (SSSR count). The van der Waals surface area contributed by atoms with Crippen molar-refractivity contribution in [1.82, 2.24) is 29.7 Å². The van der Waals surface area contributed by atoms with Gasteiger partial charge in [-0.1, -0.05) is 12.1 Å². The topological polar surface area (TPSA) is 103 Å². The summed E-state index contributed by atoms with van der Waals surface area (Å²) in [5.41, 5.74) is -1.09. The lowest BCUT2D eigenvalue weighted by atomic mass is 9.93. The lowest BCUT2D eigenvalue weighted by Gasteiger charge is -2.34. The smallest absolute Gasteiger partial charge is 0.331 e. The number of carbonyl (C=O) groups excluding carboxylic acids is 2. The molecule has 3 amide bonds. The standard InChI is InChI=1S/C26H27F5N6O3/c27-18-4-1-3-17(21(18)28)15-6-7-19(23(38)36(13-15)14-26(29,30)31)33-24(39)35-11-8-16(9-12-35)37-20-5-2-10-32-22(20)34-25(37)40/h1-5,10,15-16,19H,6-9,11-14H2,(H,33,39)(H,32,34,40)/t15-,19-/m1/s1/i7D2,11D2,12D2,14D2. The van der Waals surface area contributed by atoms with Crippen molar-refractivity contribution in [3.63, 3.8) is 0 Å². The van der Waals surface area contributed by atoms with Crippen molar-refractivity contribution in [1.29, 1.82) is 0 Å². The Kier molecular flexibility index (Phi) is 5.22. The van der Waals surface area contributed by atoms with E-state index < -0.39 is 116 Å². The molecule has 0 saturated carbocycles. The number of hydrogen-bond donors (Lipinski definition) is 2. The number of rotatable bonds is 4. The van der Waals surface area contributed by atoms with E-state index in [2.05, 4.69) is 9.97 Å². The maximum Gasteiger partial charge on any atom is 0.406 e. The molecule has 2 aromatic heterocycles. The number of likely N-dealkylation sites (tertiary alicyclic amines) is 2. The van der Waals surface area contributed by atoms with Crippen LogP contribution in [0.15, 0.2) is 41.3 Å². The third kappa shape index (κ3) is 5.65. The molecule has 2 aliphatic rings. The number of carbonyl (C=O) groups is 2. The first-order chi connectivity index (χ1) is 22.0. The molecule has 2 N–H and O–H groups in total. The summed E-state index contributed by atoms with van der Waals surface area (Å²) < 4.78 is 139. The van der Waals surface area contributed by atoms with E-state index in [9.17, 15) is 36.3 Å². The van der Waals surface area contributed by atoms with E-state index in [4.69, 9.17) is 11.0 Å². The van der Waals surface area contributed by atoms with Gasteiger partial charge in [0, 0.05) is 45.9 Å². The second kappa shape index (κ2) is 10.9. The zero-order valence-corrected chi connectivity index (χ0v) is 20.4. The van der Waals surface area contributed by atoms with Crippen LogP contribution in [0.25, 0.3) is 11.2 Å². The lowest BCUT2D eigenvalue weighted by Crippen LogP contribution is -2.54. The van der Waals surface area contributed by atoms with Crippen LogP contribution in [-0.2, 0) is 4.79 Å². The third-order valence-electron chi connectivity index (χ3n) is 6.46. The molecule has 1 aromatic carbocycles. The van der Waals surface area contributed by atoms with Crippen LogP contribution in [0, 0.1) is 11.6 Å². The maximum absolute atomic E-state index is 14.8. The maximum atomic E-state index is 14.8. The number of fused-ring (bicyclic) bond motifs is 1. The van der Waals surface area contributed by atoms with Gasteiger partial charge in [0.05, 0.1) is 8.26 Å². The van der Waals surface area contributed by atoms with Crippen LogP contribution in [0.3, 0.4) is 0 Å². The average molecular weight is 575 g/mol. The SMILES string of the molecule is [2H]C1([2H])C[C@@H](c2cccc(F)c2F)CN(C([2H])([2H])C(F)(F)F)C(=O)[C@@H]1NC(=O)N1C([2H])([2H])CC(n2c(=O)[nH]c3ncccc32)CC1([2H])[2H]. The van der Waals surface area contributed by atoms with Crippen molar-refractivity contribution in [2.45, 2.75) is 49.8 Å². The summed E-state index contributed by atoms with van der Waals surface area (Å²) in [6.45, 7) is -11.7. The number of alkyl halides is 3. The molecule has 14 heteroatoms. The Bertz CT molecular complexity index is 1800. The molecule has 0 radical (unpaired) electrons. The number of aromatic amines is 1. The van der Waals surface area contributed by atoms with Crippen LogP contribution in [0.1, 0.15) is 54.1 Å². The summed E-state index contributed by atoms with van der Waals surface area (Å²) in [7, 11) is 0. The highest BCUT2D eigenvalue weighted by atomic mass is 19.4. The summed E-state index contributed by atoms with van der Waals surface area (Å²) in [5, 5.41) is 1.78. The van der Waals surface area contributed by atoms with E-state index in [1.807, 2.05) is 0 Å². The highest BCUT2D eigenvalue weighted by Crippen LogP contribution is 2.32. The number of imidazole rings is 1. The van der Waals surface area contributed by atoms with Crippen LogP contribution in [0.5, 0.6) is 0 Å². The van der Waals surface area contributed by atoms with Crippen molar-refractivity contribution in [2.24, 2.45) is 0 Å². The number of H-pyrrole nitrogens is 1. The van der Waals surface area contributed by atoms with E-state index in [1.54, 1.807) is 5.32 Å². The first-order valence-electron chi connectivity index (χ1n) is 16.0. The monoisotopic (exact) mass is 574 g/mol. The number of hydrogen-bond acceptors (Lipinski definition) is 4. The molecule has 2 atom stereocenters. The minimum atomic E-state index is -5.79. The first kappa shape index (κ1) is 19.2. The third-order valence-corrected chi connectivity index (χ3v) is 6.46. The quantitative estimate of drug-likeness (QED) is 0.464. The van der Waals surface area contributed by atoms with Gasteiger partial charge in [-0.2, -0.15) is 13.2 Å². The molecule has 3 aromatic rings. The van der Waals surface area contributed by atoms with Crippen LogP contribution in [0.2, 0.25) is 0 Å². The average Bonchev–Trinajstić information content (AvgIpc) is 3.23. The fourth-order valence-corrected chi connectivity index (χ4v) is 4.65. The molecule has 2 fully saturated rings. The molecule has 4 heterocycles. The van der Waals surface area contributed by atoms with E-state index in [-0.39, 0.29) is 16.1 Å². The van der Waals surface area contributed by atoms with Gasteiger partial charge in [0.15, 0.2) is 17.3 Å². The number of nitrogens with one attached hydrogen (secondary N) is 2. The van der Waals surface area contributed by atoms with Gasteiger partial charge in [0.25, 0.3) is 0 Å².